The van der Waals surface area contributed by atoms with Crippen LogP contribution in [-0.2, 0) is 0 Å². The second kappa shape index (κ2) is 10.1. The number of nitrogens with two attached hydrogens (primary N) is 1. The van der Waals surface area contributed by atoms with Crippen molar-refractivity contribution in [2.24, 2.45) is 0 Å². The van der Waals surface area contributed by atoms with E-state index in [9.17, 15) is 14.7 Å². The average Bonchev–Trinajstić information content (AvgIpc) is 3.55. The lowest BCUT2D eigenvalue weighted by atomic mass is 9.85. The summed E-state index contributed by atoms with van der Waals surface area (Å²) in [7, 11) is 0. The fourth-order valence-electron chi connectivity index (χ4n) is 6.65. The number of piperidine rings is 1. The maximum atomic E-state index is 13.4. The number of carbonyl (C=O) groups is 2. The van der Waals surface area contributed by atoms with Gasteiger partial charge in [-0.1, -0.05) is 36.4 Å². The van der Waals surface area contributed by atoms with E-state index in [-0.39, 0.29) is 41.3 Å². The van der Waals surface area contributed by atoms with Gasteiger partial charge in [-0.15, -0.1) is 0 Å². The van der Waals surface area contributed by atoms with Crippen LogP contribution in [0.25, 0.3) is 28.0 Å². The number of benzene rings is 1. The van der Waals surface area contributed by atoms with E-state index in [2.05, 4.69) is 15.1 Å². The minimum Gasteiger partial charge on any atom is -0.506 e. The molecule has 0 radical (unpaired) electrons. The molecule has 5 aromatic rings. The fourth-order valence-corrected chi connectivity index (χ4v) is 6.65. The third-order valence-corrected chi connectivity index (χ3v) is 8.53. The van der Waals surface area contributed by atoms with Gasteiger partial charge in [0.05, 0.1) is 34.9 Å². The summed E-state index contributed by atoms with van der Waals surface area (Å²) in [5.74, 6) is -0.132. The lowest BCUT2D eigenvalue weighted by molar-refractivity contribution is 0.0567. The van der Waals surface area contributed by atoms with Crippen molar-refractivity contribution in [1.29, 1.82) is 0 Å². The Bertz CT molecular complexity index is 1820. The molecule has 2 aliphatic rings. The largest absolute Gasteiger partial charge is 0.506 e. The number of fused-ring (bicyclic) bond motifs is 3. The summed E-state index contributed by atoms with van der Waals surface area (Å²) in [4.78, 5) is 42.0. The Morgan fingerprint density at radius 3 is 2.38 bits per heavy atom. The molecule has 10 nitrogen and oxygen atoms in total. The minimum atomic E-state index is -0.167. The minimum absolute atomic E-state index is 0.0122. The Morgan fingerprint density at radius 1 is 0.952 bits per heavy atom. The second-order valence-corrected chi connectivity index (χ2v) is 11.1. The molecule has 2 fully saturated rings. The van der Waals surface area contributed by atoms with Crippen molar-refractivity contribution in [2.75, 3.05) is 5.73 Å². The monoisotopic (exact) mass is 559 g/mol. The molecule has 2 aliphatic heterocycles. The molecule has 7 rings (SSSR count). The van der Waals surface area contributed by atoms with Gasteiger partial charge in [0.2, 0.25) is 0 Å². The Labute approximate surface area is 241 Å². The number of rotatable bonds is 5. The topological polar surface area (TPSA) is 140 Å². The van der Waals surface area contributed by atoms with Gasteiger partial charge in [-0.25, -0.2) is 4.98 Å². The Kier molecular flexibility index (Phi) is 6.18. The number of carbonyl (C=O) groups excluding carboxylic acids is 2. The van der Waals surface area contributed by atoms with Gasteiger partial charge in [0.15, 0.2) is 11.4 Å². The van der Waals surface area contributed by atoms with E-state index in [4.69, 9.17) is 10.7 Å². The van der Waals surface area contributed by atoms with Crippen molar-refractivity contribution in [3.05, 3.63) is 90.1 Å². The number of aromatic hydroxyl groups is 1. The van der Waals surface area contributed by atoms with Gasteiger partial charge in [0, 0.05) is 47.1 Å². The van der Waals surface area contributed by atoms with Gasteiger partial charge < -0.3 is 15.7 Å². The van der Waals surface area contributed by atoms with E-state index in [0.29, 0.717) is 35.3 Å². The van der Waals surface area contributed by atoms with E-state index in [0.717, 1.165) is 35.2 Å². The molecule has 42 heavy (non-hydrogen) atoms. The van der Waals surface area contributed by atoms with Gasteiger partial charge in [-0.05, 0) is 44.7 Å². The molecule has 0 unspecified atom stereocenters. The van der Waals surface area contributed by atoms with Gasteiger partial charge in [-0.3, -0.25) is 19.6 Å². The van der Waals surface area contributed by atoms with Crippen LogP contribution >= 0.6 is 0 Å². The summed E-state index contributed by atoms with van der Waals surface area (Å²) >= 11 is 0. The van der Waals surface area contributed by atoms with E-state index >= 15 is 0 Å². The lowest BCUT2D eigenvalue weighted by Gasteiger charge is -2.39. The summed E-state index contributed by atoms with van der Waals surface area (Å²) in [6.45, 7) is 1.50. The maximum absolute atomic E-state index is 13.4. The van der Waals surface area contributed by atoms with Crippen molar-refractivity contribution in [1.82, 2.24) is 29.5 Å². The van der Waals surface area contributed by atoms with E-state index in [1.807, 2.05) is 47.4 Å². The first-order valence-electron chi connectivity index (χ1n) is 14.1. The number of nitrogen functional groups attached to an aromatic ring is 1. The van der Waals surface area contributed by atoms with Crippen LogP contribution in [0.3, 0.4) is 0 Å². The average molecular weight is 560 g/mol. The van der Waals surface area contributed by atoms with Crippen molar-refractivity contribution in [3.63, 3.8) is 0 Å². The zero-order valence-corrected chi connectivity index (χ0v) is 23.0. The van der Waals surface area contributed by atoms with Crippen molar-refractivity contribution < 1.29 is 14.7 Å². The number of pyridine rings is 2. The molecule has 2 bridgehead atoms. The van der Waals surface area contributed by atoms with Crippen LogP contribution in [0.4, 0.5) is 5.82 Å². The number of amides is 1. The van der Waals surface area contributed by atoms with Crippen LogP contribution in [0.2, 0.25) is 0 Å². The third-order valence-electron chi connectivity index (χ3n) is 8.53. The highest BCUT2D eigenvalue weighted by atomic mass is 16.3. The smallest absolute Gasteiger partial charge is 0.256 e. The molecule has 1 aromatic carbocycles. The molecule has 1 amide bonds. The molecule has 0 saturated carbocycles. The molecule has 6 heterocycles. The SMILES string of the molecule is CC(=O)c1c(C2C[C@H]3CC[C@H](C2)N3C(=O)c2cncc(O)c2)nc2c(-c3ccc(-c4ccccc4)nc3)cnn2c1N. The first-order valence-corrected chi connectivity index (χ1v) is 14.1. The number of ketones is 1. The van der Waals surface area contributed by atoms with E-state index in [1.54, 1.807) is 12.4 Å². The molecule has 4 aromatic heterocycles. The van der Waals surface area contributed by atoms with Crippen LogP contribution in [0.15, 0.2) is 73.3 Å². The molecule has 2 atom stereocenters. The lowest BCUT2D eigenvalue weighted by Crippen LogP contribution is -2.46. The normalized spacial score (nSPS) is 19.7. The summed E-state index contributed by atoms with van der Waals surface area (Å²) < 4.78 is 1.53. The second-order valence-electron chi connectivity index (χ2n) is 11.1. The molecular formula is C32H29N7O3. The Hall–Kier alpha value is -5.12. The number of nitrogens with zero attached hydrogens (tertiary/aromatic N) is 6. The van der Waals surface area contributed by atoms with Gasteiger partial charge in [0.25, 0.3) is 5.91 Å². The van der Waals surface area contributed by atoms with Gasteiger partial charge >= 0.3 is 0 Å². The highest BCUT2D eigenvalue weighted by Gasteiger charge is 2.45. The van der Waals surface area contributed by atoms with E-state index < -0.39 is 0 Å². The van der Waals surface area contributed by atoms with Gasteiger partial charge in [0.1, 0.15) is 11.6 Å². The third kappa shape index (κ3) is 4.27. The van der Waals surface area contributed by atoms with Crippen LogP contribution < -0.4 is 5.73 Å². The summed E-state index contributed by atoms with van der Waals surface area (Å²) in [5, 5.41) is 14.3. The number of hydrogen-bond acceptors (Lipinski definition) is 8. The summed E-state index contributed by atoms with van der Waals surface area (Å²) in [6, 6.07) is 15.3. The first kappa shape index (κ1) is 25.8. The van der Waals surface area contributed by atoms with Crippen molar-refractivity contribution >= 4 is 23.2 Å². The Morgan fingerprint density at radius 2 is 1.71 bits per heavy atom. The molecule has 3 N–H and O–H groups in total. The summed E-state index contributed by atoms with van der Waals surface area (Å²) in [5.41, 5.74) is 12.1. The first-order chi connectivity index (χ1) is 20.4. The van der Waals surface area contributed by atoms with Gasteiger partial charge in [-0.2, -0.15) is 9.61 Å². The molecular weight excluding hydrogens is 530 g/mol. The standard InChI is InChI=1S/C32H29N7O3/c1-18(40)28-29(21-11-23-8-9-24(12-21)38(23)32(42)22-13-25(41)16-34-14-22)37-31-26(17-36-39(31)30(28)33)20-7-10-27(35-15-20)19-5-3-2-4-6-19/h2-7,10,13-17,21,23-24,41H,8-9,11-12,33H2,1H3/t23-,24-/m1/s1. The van der Waals surface area contributed by atoms with Crippen molar-refractivity contribution in [2.45, 2.75) is 50.6 Å². The molecule has 210 valence electrons. The number of anilines is 1. The van der Waals surface area contributed by atoms with Crippen LogP contribution in [0.1, 0.15) is 64.9 Å². The van der Waals surface area contributed by atoms with Crippen LogP contribution in [0.5, 0.6) is 5.75 Å². The number of aromatic nitrogens is 5. The predicted octanol–water partition coefficient (Wildman–Crippen LogP) is 4.89. The van der Waals surface area contributed by atoms with E-state index in [1.165, 1.54) is 29.9 Å². The highest BCUT2D eigenvalue weighted by Crippen LogP contribution is 2.45. The fraction of sp³-hybridized carbons (Fsp3) is 0.250. The zero-order valence-electron chi connectivity index (χ0n) is 23.0. The van der Waals surface area contributed by atoms with Crippen LogP contribution in [-0.4, -0.2) is 58.3 Å². The quantitative estimate of drug-likeness (QED) is 0.290. The zero-order chi connectivity index (χ0) is 29.0. The molecule has 2 saturated heterocycles. The summed E-state index contributed by atoms with van der Waals surface area (Å²) in [6.07, 6.45) is 9.36. The predicted molar refractivity (Wildman–Crippen MR) is 157 cm³/mol. The maximum Gasteiger partial charge on any atom is 0.256 e. The molecule has 0 aliphatic carbocycles. The number of hydrogen-bond donors (Lipinski definition) is 2. The van der Waals surface area contributed by atoms with Crippen LogP contribution in [0, 0.1) is 0 Å². The number of Topliss-reactive ketones (excluding diaryl/α,β-unsaturated/α-hetero) is 1. The Balaban J connectivity index is 1.24. The molecule has 0 spiro atoms. The van der Waals surface area contributed by atoms with Crippen molar-refractivity contribution in [3.8, 4) is 28.1 Å². The highest BCUT2D eigenvalue weighted by molar-refractivity contribution is 6.00. The molecule has 10 heteroatoms.